The Balaban J connectivity index is 2.33. The molecule has 0 aliphatic carbocycles. The summed E-state index contributed by atoms with van der Waals surface area (Å²) in [5, 5.41) is 0. The molecule has 0 aromatic heterocycles. The highest BCUT2D eigenvalue weighted by atomic mass is 32.2. The molecule has 1 heterocycles. The van der Waals surface area contributed by atoms with Gasteiger partial charge in [0, 0.05) is 32.2 Å². The molecule has 0 fully saturated rings. The lowest BCUT2D eigenvalue weighted by Crippen LogP contribution is -2.33. The van der Waals surface area contributed by atoms with Gasteiger partial charge in [-0.1, -0.05) is 13.3 Å². The molecule has 1 amide bonds. The van der Waals surface area contributed by atoms with Gasteiger partial charge in [-0.15, -0.1) is 0 Å². The number of carbonyl (C=O) groups excluding carboxylic acids is 1. The average Bonchev–Trinajstić information content (AvgIpc) is 2.79. The molecule has 0 saturated carbocycles. The SMILES string of the molecule is CCCCN(C)S(=O)(=O)c1ccc2c(c1)CC(C)N2C(C)=O. The maximum Gasteiger partial charge on any atom is 0.242 e. The molecular formula is C16H24N2O3S. The number of hydrogen-bond donors (Lipinski definition) is 0. The summed E-state index contributed by atoms with van der Waals surface area (Å²) in [5.41, 5.74) is 1.75. The van der Waals surface area contributed by atoms with Crippen LogP contribution in [0.4, 0.5) is 5.69 Å². The molecule has 1 aliphatic rings. The minimum absolute atomic E-state index is 0.0121. The van der Waals surface area contributed by atoms with Gasteiger partial charge in [0.1, 0.15) is 0 Å². The van der Waals surface area contributed by atoms with Crippen molar-refractivity contribution in [2.45, 2.75) is 51.0 Å². The molecule has 2 rings (SSSR count). The molecule has 122 valence electrons. The number of anilines is 1. The molecular weight excluding hydrogens is 300 g/mol. The van der Waals surface area contributed by atoms with E-state index < -0.39 is 10.0 Å². The van der Waals surface area contributed by atoms with Crippen molar-refractivity contribution in [3.63, 3.8) is 0 Å². The van der Waals surface area contributed by atoms with Crippen LogP contribution in [0.2, 0.25) is 0 Å². The average molecular weight is 324 g/mol. The summed E-state index contributed by atoms with van der Waals surface area (Å²) in [6, 6.07) is 5.14. The second-order valence-electron chi connectivity index (χ2n) is 5.91. The number of fused-ring (bicyclic) bond motifs is 1. The molecule has 1 aliphatic heterocycles. The molecule has 0 bridgehead atoms. The van der Waals surface area contributed by atoms with Crippen LogP contribution < -0.4 is 4.90 Å². The van der Waals surface area contributed by atoms with Crippen LogP contribution in [0.5, 0.6) is 0 Å². The zero-order chi connectivity index (χ0) is 16.5. The summed E-state index contributed by atoms with van der Waals surface area (Å²) in [7, 11) is -1.84. The topological polar surface area (TPSA) is 57.7 Å². The van der Waals surface area contributed by atoms with Gasteiger partial charge in [0.2, 0.25) is 15.9 Å². The second-order valence-corrected chi connectivity index (χ2v) is 7.96. The van der Waals surface area contributed by atoms with Crippen molar-refractivity contribution >= 4 is 21.6 Å². The van der Waals surface area contributed by atoms with Gasteiger partial charge in [-0.2, -0.15) is 0 Å². The molecule has 22 heavy (non-hydrogen) atoms. The third-order valence-electron chi connectivity index (χ3n) is 4.14. The zero-order valence-electron chi connectivity index (χ0n) is 13.7. The number of amides is 1. The van der Waals surface area contributed by atoms with Crippen LogP contribution in [-0.4, -0.2) is 38.3 Å². The van der Waals surface area contributed by atoms with E-state index in [1.807, 2.05) is 13.8 Å². The van der Waals surface area contributed by atoms with Crippen molar-refractivity contribution in [3.8, 4) is 0 Å². The van der Waals surface area contributed by atoms with E-state index in [9.17, 15) is 13.2 Å². The monoisotopic (exact) mass is 324 g/mol. The van der Waals surface area contributed by atoms with Gasteiger partial charge in [-0.05, 0) is 43.5 Å². The maximum absolute atomic E-state index is 12.6. The Bertz CT molecular complexity index is 670. The number of rotatable bonds is 5. The minimum Gasteiger partial charge on any atom is -0.309 e. The normalized spacial score (nSPS) is 17.9. The van der Waals surface area contributed by atoms with Crippen LogP contribution in [0.25, 0.3) is 0 Å². The number of benzene rings is 1. The van der Waals surface area contributed by atoms with E-state index in [1.165, 1.54) is 11.2 Å². The maximum atomic E-state index is 12.6. The summed E-state index contributed by atoms with van der Waals surface area (Å²) in [6.07, 6.45) is 2.49. The Morgan fingerprint density at radius 2 is 2.09 bits per heavy atom. The van der Waals surface area contributed by atoms with Crippen molar-refractivity contribution in [1.82, 2.24) is 4.31 Å². The van der Waals surface area contributed by atoms with Gasteiger partial charge in [-0.3, -0.25) is 4.79 Å². The van der Waals surface area contributed by atoms with Crippen LogP contribution in [0.1, 0.15) is 39.2 Å². The standard InChI is InChI=1S/C16H24N2O3S/c1-5-6-9-17(4)22(20,21)15-7-8-16-14(11-15)10-12(2)18(16)13(3)19/h7-8,11-12H,5-6,9-10H2,1-4H3. The largest absolute Gasteiger partial charge is 0.309 e. The summed E-state index contributed by atoms with van der Waals surface area (Å²) in [4.78, 5) is 13.8. The summed E-state index contributed by atoms with van der Waals surface area (Å²) >= 11 is 0. The zero-order valence-corrected chi connectivity index (χ0v) is 14.5. The van der Waals surface area contributed by atoms with Crippen molar-refractivity contribution < 1.29 is 13.2 Å². The van der Waals surface area contributed by atoms with Gasteiger partial charge < -0.3 is 4.90 Å². The first-order valence-corrected chi connectivity index (χ1v) is 9.12. The van der Waals surface area contributed by atoms with E-state index in [2.05, 4.69) is 0 Å². The number of carbonyl (C=O) groups is 1. The number of nitrogens with zero attached hydrogens (tertiary/aromatic N) is 2. The smallest absolute Gasteiger partial charge is 0.242 e. The second kappa shape index (κ2) is 6.38. The highest BCUT2D eigenvalue weighted by Crippen LogP contribution is 2.34. The Morgan fingerprint density at radius 3 is 2.68 bits per heavy atom. The van der Waals surface area contributed by atoms with E-state index in [0.717, 1.165) is 24.1 Å². The molecule has 1 aromatic carbocycles. The van der Waals surface area contributed by atoms with Gasteiger partial charge in [0.25, 0.3) is 0 Å². The highest BCUT2D eigenvalue weighted by Gasteiger charge is 2.30. The Labute approximate surface area is 133 Å². The first-order chi connectivity index (χ1) is 10.3. The summed E-state index contributed by atoms with van der Waals surface area (Å²) < 4.78 is 26.6. The molecule has 0 spiro atoms. The molecule has 0 radical (unpaired) electrons. The highest BCUT2D eigenvalue weighted by molar-refractivity contribution is 7.89. The molecule has 6 heteroatoms. The Kier molecular flexibility index (Phi) is 4.92. The first-order valence-electron chi connectivity index (χ1n) is 7.68. The summed E-state index contributed by atoms with van der Waals surface area (Å²) in [5.74, 6) is -0.0121. The fourth-order valence-corrected chi connectivity index (χ4v) is 4.19. The Hall–Kier alpha value is -1.40. The molecule has 5 nitrogen and oxygen atoms in total. The molecule has 0 N–H and O–H groups in total. The lowest BCUT2D eigenvalue weighted by Gasteiger charge is -2.21. The lowest BCUT2D eigenvalue weighted by molar-refractivity contribution is -0.116. The van der Waals surface area contributed by atoms with Gasteiger partial charge >= 0.3 is 0 Å². The predicted molar refractivity (Wildman–Crippen MR) is 87.5 cm³/mol. The molecule has 0 saturated heterocycles. The predicted octanol–water partition coefficient (Wildman–Crippen LogP) is 2.40. The number of sulfonamides is 1. The van der Waals surface area contributed by atoms with E-state index in [4.69, 9.17) is 0 Å². The molecule has 1 unspecified atom stereocenters. The number of hydrogen-bond acceptors (Lipinski definition) is 3. The van der Waals surface area contributed by atoms with Crippen LogP contribution in [-0.2, 0) is 21.2 Å². The van der Waals surface area contributed by atoms with Crippen molar-refractivity contribution in [3.05, 3.63) is 23.8 Å². The number of unbranched alkanes of at least 4 members (excludes halogenated alkanes) is 1. The fourth-order valence-electron chi connectivity index (χ4n) is 2.93. The lowest BCUT2D eigenvalue weighted by atomic mass is 10.1. The van der Waals surface area contributed by atoms with E-state index >= 15 is 0 Å². The Morgan fingerprint density at radius 1 is 1.41 bits per heavy atom. The van der Waals surface area contributed by atoms with Crippen molar-refractivity contribution in [1.29, 1.82) is 0 Å². The van der Waals surface area contributed by atoms with Gasteiger partial charge in [0.15, 0.2) is 0 Å². The quantitative estimate of drug-likeness (QED) is 0.836. The molecule has 1 atom stereocenters. The van der Waals surface area contributed by atoms with Crippen LogP contribution in [0.15, 0.2) is 23.1 Å². The third-order valence-corrected chi connectivity index (χ3v) is 5.99. The van der Waals surface area contributed by atoms with E-state index in [-0.39, 0.29) is 11.9 Å². The third kappa shape index (κ3) is 3.03. The van der Waals surface area contributed by atoms with Gasteiger partial charge in [0.05, 0.1) is 4.90 Å². The van der Waals surface area contributed by atoms with Crippen LogP contribution >= 0.6 is 0 Å². The fraction of sp³-hybridized carbons (Fsp3) is 0.562. The van der Waals surface area contributed by atoms with Crippen LogP contribution in [0.3, 0.4) is 0 Å². The van der Waals surface area contributed by atoms with Crippen LogP contribution in [0, 0.1) is 0 Å². The first kappa shape index (κ1) is 17.0. The van der Waals surface area contributed by atoms with E-state index in [1.54, 1.807) is 30.1 Å². The van der Waals surface area contributed by atoms with E-state index in [0.29, 0.717) is 17.9 Å². The van der Waals surface area contributed by atoms with Gasteiger partial charge in [-0.25, -0.2) is 12.7 Å². The molecule has 1 aromatic rings. The van der Waals surface area contributed by atoms with Crippen molar-refractivity contribution in [2.75, 3.05) is 18.5 Å². The van der Waals surface area contributed by atoms with Crippen molar-refractivity contribution in [2.24, 2.45) is 0 Å². The minimum atomic E-state index is -3.46. The summed E-state index contributed by atoms with van der Waals surface area (Å²) in [6.45, 7) is 6.07.